The number of rotatable bonds is 4. The van der Waals surface area contributed by atoms with Gasteiger partial charge in [0.05, 0.1) is 5.56 Å². The fourth-order valence-corrected chi connectivity index (χ4v) is 2.75. The Hall–Kier alpha value is -2.06. The van der Waals surface area contributed by atoms with Crippen molar-refractivity contribution in [3.8, 4) is 0 Å². The Kier molecular flexibility index (Phi) is 5.27. The molecule has 1 atom stereocenters. The van der Waals surface area contributed by atoms with Crippen molar-refractivity contribution < 1.29 is 9.90 Å². The summed E-state index contributed by atoms with van der Waals surface area (Å²) in [6, 6.07) is 9.61. The number of carboxylic acids is 1. The van der Waals surface area contributed by atoms with Crippen LogP contribution in [0.25, 0.3) is 6.08 Å². The van der Waals surface area contributed by atoms with Crippen LogP contribution in [0.2, 0.25) is 5.02 Å². The number of carbonyl (C=O) groups is 1. The van der Waals surface area contributed by atoms with Gasteiger partial charge in [0, 0.05) is 5.02 Å². The molecule has 0 fully saturated rings. The van der Waals surface area contributed by atoms with Crippen molar-refractivity contribution in [1.82, 2.24) is 0 Å². The molecular formula is C20H21ClO2. The highest BCUT2D eigenvalue weighted by molar-refractivity contribution is 6.32. The SMILES string of the molecule is Cc1cc(/C=C/C(C)c2cc(C)c(Cl)c(C)c2)ccc1C(=O)O. The fraction of sp³-hybridized carbons (Fsp3) is 0.250. The number of halogens is 1. The average molecular weight is 329 g/mol. The first kappa shape index (κ1) is 17.3. The Morgan fingerprint density at radius 3 is 2.22 bits per heavy atom. The third kappa shape index (κ3) is 4.02. The summed E-state index contributed by atoms with van der Waals surface area (Å²) < 4.78 is 0. The van der Waals surface area contributed by atoms with Crippen LogP contribution in [0.3, 0.4) is 0 Å². The third-order valence-electron chi connectivity index (χ3n) is 4.04. The zero-order valence-electron chi connectivity index (χ0n) is 13.9. The summed E-state index contributed by atoms with van der Waals surface area (Å²) in [4.78, 5) is 11.0. The van der Waals surface area contributed by atoms with E-state index in [-0.39, 0.29) is 5.92 Å². The van der Waals surface area contributed by atoms with Gasteiger partial charge in [-0.2, -0.15) is 0 Å². The molecule has 0 radical (unpaired) electrons. The first-order chi connectivity index (χ1) is 10.8. The van der Waals surface area contributed by atoms with E-state index in [1.54, 1.807) is 6.07 Å². The summed E-state index contributed by atoms with van der Waals surface area (Å²) in [5.41, 5.74) is 5.51. The summed E-state index contributed by atoms with van der Waals surface area (Å²) in [5, 5.41) is 9.89. The number of aromatic carboxylic acids is 1. The van der Waals surface area contributed by atoms with Crippen LogP contribution in [0, 0.1) is 20.8 Å². The fourth-order valence-electron chi connectivity index (χ4n) is 2.64. The highest BCUT2D eigenvalue weighted by atomic mass is 35.5. The summed E-state index contributed by atoms with van der Waals surface area (Å²) in [7, 11) is 0. The molecule has 2 nitrogen and oxygen atoms in total. The zero-order chi connectivity index (χ0) is 17.1. The van der Waals surface area contributed by atoms with Crippen molar-refractivity contribution in [3.05, 3.63) is 74.8 Å². The third-order valence-corrected chi connectivity index (χ3v) is 4.64. The van der Waals surface area contributed by atoms with E-state index in [4.69, 9.17) is 16.7 Å². The Labute approximate surface area is 142 Å². The number of hydrogen-bond donors (Lipinski definition) is 1. The second kappa shape index (κ2) is 7.01. The van der Waals surface area contributed by atoms with Gasteiger partial charge in [-0.15, -0.1) is 0 Å². The summed E-state index contributed by atoms with van der Waals surface area (Å²) >= 11 is 6.22. The van der Waals surface area contributed by atoms with Crippen LogP contribution >= 0.6 is 11.6 Å². The van der Waals surface area contributed by atoms with Crippen molar-refractivity contribution >= 4 is 23.6 Å². The van der Waals surface area contributed by atoms with Crippen molar-refractivity contribution in [2.45, 2.75) is 33.6 Å². The Morgan fingerprint density at radius 1 is 1.09 bits per heavy atom. The van der Waals surface area contributed by atoms with Gasteiger partial charge >= 0.3 is 5.97 Å². The molecule has 2 aromatic rings. The lowest BCUT2D eigenvalue weighted by Crippen LogP contribution is -1.99. The molecule has 3 heteroatoms. The molecular weight excluding hydrogens is 308 g/mol. The molecule has 1 unspecified atom stereocenters. The van der Waals surface area contributed by atoms with E-state index in [1.165, 1.54) is 5.56 Å². The quantitative estimate of drug-likeness (QED) is 0.772. The van der Waals surface area contributed by atoms with E-state index < -0.39 is 5.97 Å². The minimum absolute atomic E-state index is 0.254. The lowest BCUT2D eigenvalue weighted by atomic mass is 9.95. The van der Waals surface area contributed by atoms with Crippen LogP contribution in [0.4, 0.5) is 0 Å². The van der Waals surface area contributed by atoms with Gasteiger partial charge < -0.3 is 5.11 Å². The van der Waals surface area contributed by atoms with Crippen molar-refractivity contribution in [1.29, 1.82) is 0 Å². The van der Waals surface area contributed by atoms with E-state index in [2.05, 4.69) is 25.1 Å². The topological polar surface area (TPSA) is 37.3 Å². The molecule has 0 aliphatic rings. The molecule has 2 rings (SSSR count). The monoisotopic (exact) mass is 328 g/mol. The molecule has 2 aromatic carbocycles. The molecule has 120 valence electrons. The molecule has 0 aromatic heterocycles. The van der Waals surface area contributed by atoms with Gasteiger partial charge in [0.15, 0.2) is 0 Å². The summed E-state index contributed by atoms with van der Waals surface area (Å²) in [6.45, 7) is 7.99. The van der Waals surface area contributed by atoms with Gasteiger partial charge in [0.25, 0.3) is 0 Å². The maximum Gasteiger partial charge on any atom is 0.335 e. The molecule has 0 saturated carbocycles. The maximum atomic E-state index is 11.0. The average Bonchev–Trinajstić information content (AvgIpc) is 2.49. The maximum absolute atomic E-state index is 11.0. The van der Waals surface area contributed by atoms with Crippen LogP contribution in [0.5, 0.6) is 0 Å². The standard InChI is InChI=1S/C20H21ClO2/c1-12(17-10-14(3)19(21)15(4)11-17)5-6-16-7-8-18(20(22)23)13(2)9-16/h5-12H,1-4H3,(H,22,23)/b6-5+. The minimum Gasteiger partial charge on any atom is -0.478 e. The highest BCUT2D eigenvalue weighted by Crippen LogP contribution is 2.27. The van der Waals surface area contributed by atoms with Crippen LogP contribution in [-0.2, 0) is 0 Å². The summed E-state index contributed by atoms with van der Waals surface area (Å²) in [6.07, 6.45) is 4.15. The predicted molar refractivity (Wildman–Crippen MR) is 96.5 cm³/mol. The number of hydrogen-bond acceptors (Lipinski definition) is 1. The zero-order valence-corrected chi connectivity index (χ0v) is 14.6. The molecule has 23 heavy (non-hydrogen) atoms. The molecule has 0 bridgehead atoms. The van der Waals surface area contributed by atoms with Crippen LogP contribution < -0.4 is 0 Å². The van der Waals surface area contributed by atoms with Gasteiger partial charge in [-0.1, -0.05) is 54.9 Å². The van der Waals surface area contributed by atoms with E-state index in [0.717, 1.165) is 27.3 Å². The number of benzene rings is 2. The van der Waals surface area contributed by atoms with Crippen LogP contribution in [0.1, 0.15) is 51.0 Å². The number of carboxylic acid groups (broad SMARTS) is 1. The van der Waals surface area contributed by atoms with Crippen molar-refractivity contribution in [3.63, 3.8) is 0 Å². The van der Waals surface area contributed by atoms with Gasteiger partial charge in [0.1, 0.15) is 0 Å². The van der Waals surface area contributed by atoms with Gasteiger partial charge in [-0.05, 0) is 60.6 Å². The molecule has 1 N–H and O–H groups in total. The molecule has 0 saturated heterocycles. The normalized spacial score (nSPS) is 12.6. The Bertz CT molecular complexity index is 752. The van der Waals surface area contributed by atoms with E-state index in [9.17, 15) is 4.79 Å². The predicted octanol–water partition coefficient (Wildman–Crippen LogP) is 5.78. The van der Waals surface area contributed by atoms with Crippen LogP contribution in [0.15, 0.2) is 36.4 Å². The lowest BCUT2D eigenvalue weighted by Gasteiger charge is -2.11. The van der Waals surface area contributed by atoms with E-state index in [0.29, 0.717) is 5.56 Å². The number of allylic oxidation sites excluding steroid dienone is 1. The molecule has 0 amide bonds. The lowest BCUT2D eigenvalue weighted by molar-refractivity contribution is 0.0696. The summed E-state index contributed by atoms with van der Waals surface area (Å²) in [5.74, 6) is -0.636. The van der Waals surface area contributed by atoms with Crippen molar-refractivity contribution in [2.75, 3.05) is 0 Å². The first-order valence-electron chi connectivity index (χ1n) is 7.58. The second-order valence-corrected chi connectivity index (χ2v) is 6.37. The van der Waals surface area contributed by atoms with Gasteiger partial charge in [-0.3, -0.25) is 0 Å². The van der Waals surface area contributed by atoms with Gasteiger partial charge in [0.2, 0.25) is 0 Å². The highest BCUT2D eigenvalue weighted by Gasteiger charge is 2.08. The van der Waals surface area contributed by atoms with E-state index in [1.807, 2.05) is 39.0 Å². The molecule has 0 aliphatic carbocycles. The van der Waals surface area contributed by atoms with Gasteiger partial charge in [-0.25, -0.2) is 4.79 Å². The van der Waals surface area contributed by atoms with Crippen molar-refractivity contribution in [2.24, 2.45) is 0 Å². The molecule has 0 aliphatic heterocycles. The first-order valence-corrected chi connectivity index (χ1v) is 7.96. The number of aryl methyl sites for hydroxylation is 3. The largest absolute Gasteiger partial charge is 0.478 e. The second-order valence-electron chi connectivity index (χ2n) is 6.00. The van der Waals surface area contributed by atoms with Crippen LogP contribution in [-0.4, -0.2) is 11.1 Å². The molecule has 0 heterocycles. The minimum atomic E-state index is -0.890. The molecule has 0 spiro atoms. The smallest absolute Gasteiger partial charge is 0.335 e. The Balaban J connectivity index is 2.23. The van der Waals surface area contributed by atoms with E-state index >= 15 is 0 Å². The Morgan fingerprint density at radius 2 is 1.70 bits per heavy atom.